The quantitative estimate of drug-likeness (QED) is 0.722. The third kappa shape index (κ3) is 3.45. The number of carbonyl (C=O) groups is 1. The Morgan fingerprint density at radius 2 is 1.80 bits per heavy atom. The summed E-state index contributed by atoms with van der Waals surface area (Å²) in [6, 6.07) is 11.8. The van der Waals surface area contributed by atoms with Gasteiger partial charge in [-0.05, 0) is 29.2 Å². The third-order valence-electron chi connectivity index (χ3n) is 3.27. The van der Waals surface area contributed by atoms with Crippen LogP contribution in [-0.2, 0) is 6.42 Å². The Balaban J connectivity index is 2.15. The predicted molar refractivity (Wildman–Crippen MR) is 80.0 cm³/mol. The maximum Gasteiger partial charge on any atom is 0.167 e. The highest BCUT2D eigenvalue weighted by Crippen LogP contribution is 2.18. The fraction of sp³-hybridized carbons (Fsp3) is 0.235. The molecule has 0 bridgehead atoms. The van der Waals surface area contributed by atoms with Crippen LogP contribution in [0.1, 0.15) is 41.3 Å². The number of hydrogen-bond donors (Lipinski definition) is 0. The highest BCUT2D eigenvalue weighted by atomic mass is 35.5. The first-order valence-electron chi connectivity index (χ1n) is 6.54. The number of hydrogen-bond acceptors (Lipinski definition) is 1. The summed E-state index contributed by atoms with van der Waals surface area (Å²) in [6.07, 6.45) is 0.0457. The number of Topliss-reactive ketones (excluding diaryl/α,β-unsaturated/α-hetero) is 1. The molecule has 1 nitrogen and oxygen atoms in total. The molecule has 3 heteroatoms. The lowest BCUT2D eigenvalue weighted by molar-refractivity contribution is 0.0992. The van der Waals surface area contributed by atoms with Gasteiger partial charge in [0.15, 0.2) is 5.78 Å². The Kier molecular flexibility index (Phi) is 4.56. The van der Waals surface area contributed by atoms with Crippen molar-refractivity contribution in [2.75, 3.05) is 0 Å². The molecular weight excluding hydrogens is 275 g/mol. The molecule has 104 valence electrons. The van der Waals surface area contributed by atoms with Crippen molar-refractivity contribution in [3.63, 3.8) is 0 Å². The van der Waals surface area contributed by atoms with E-state index in [4.69, 9.17) is 11.6 Å². The zero-order valence-corrected chi connectivity index (χ0v) is 12.2. The number of carbonyl (C=O) groups excluding carboxylic acids is 1. The van der Waals surface area contributed by atoms with Crippen molar-refractivity contribution in [3.8, 4) is 0 Å². The fourth-order valence-corrected chi connectivity index (χ4v) is 2.15. The van der Waals surface area contributed by atoms with E-state index in [1.807, 2.05) is 12.1 Å². The number of benzene rings is 2. The van der Waals surface area contributed by atoms with Crippen LogP contribution in [0.4, 0.5) is 4.39 Å². The van der Waals surface area contributed by atoms with Gasteiger partial charge in [0.25, 0.3) is 0 Å². The minimum absolute atomic E-state index is 0.0457. The first-order chi connectivity index (χ1) is 9.47. The van der Waals surface area contributed by atoms with E-state index in [0.29, 0.717) is 22.1 Å². The highest BCUT2D eigenvalue weighted by Gasteiger charge is 2.11. The van der Waals surface area contributed by atoms with Crippen LogP contribution in [0.3, 0.4) is 0 Å². The lowest BCUT2D eigenvalue weighted by Crippen LogP contribution is -2.05. The molecule has 0 aliphatic rings. The van der Waals surface area contributed by atoms with E-state index < -0.39 is 5.82 Å². The molecule has 0 N–H and O–H groups in total. The first-order valence-corrected chi connectivity index (χ1v) is 6.92. The lowest BCUT2D eigenvalue weighted by Gasteiger charge is -2.07. The van der Waals surface area contributed by atoms with Crippen LogP contribution in [0.2, 0.25) is 5.02 Å². The van der Waals surface area contributed by atoms with Gasteiger partial charge in [0.2, 0.25) is 0 Å². The Hall–Kier alpha value is -1.67. The monoisotopic (exact) mass is 290 g/mol. The van der Waals surface area contributed by atoms with Crippen molar-refractivity contribution in [1.82, 2.24) is 0 Å². The van der Waals surface area contributed by atoms with Crippen molar-refractivity contribution in [1.29, 1.82) is 0 Å². The Bertz CT molecular complexity index is 617. The van der Waals surface area contributed by atoms with E-state index in [9.17, 15) is 9.18 Å². The average molecular weight is 291 g/mol. The molecule has 2 aromatic rings. The minimum atomic E-state index is -0.440. The van der Waals surface area contributed by atoms with Gasteiger partial charge in [-0.15, -0.1) is 0 Å². The summed E-state index contributed by atoms with van der Waals surface area (Å²) >= 11 is 5.69. The molecule has 0 heterocycles. The molecule has 0 fully saturated rings. The van der Waals surface area contributed by atoms with Crippen molar-refractivity contribution in [2.45, 2.75) is 26.2 Å². The molecular formula is C17H16ClFO. The third-order valence-corrected chi connectivity index (χ3v) is 3.50. The van der Waals surface area contributed by atoms with Crippen LogP contribution >= 0.6 is 11.6 Å². The van der Waals surface area contributed by atoms with Gasteiger partial charge in [-0.3, -0.25) is 4.79 Å². The van der Waals surface area contributed by atoms with Crippen LogP contribution in [0.25, 0.3) is 0 Å². The zero-order chi connectivity index (χ0) is 14.7. The van der Waals surface area contributed by atoms with Gasteiger partial charge < -0.3 is 0 Å². The molecule has 0 saturated heterocycles. The van der Waals surface area contributed by atoms with Gasteiger partial charge in [-0.1, -0.05) is 55.8 Å². The Morgan fingerprint density at radius 3 is 2.35 bits per heavy atom. The molecule has 0 aliphatic carbocycles. The largest absolute Gasteiger partial charge is 0.294 e. The van der Waals surface area contributed by atoms with Crippen LogP contribution in [-0.4, -0.2) is 5.78 Å². The average Bonchev–Trinajstić information content (AvgIpc) is 2.42. The molecule has 0 unspecified atom stereocenters. The number of halogens is 2. The van der Waals surface area contributed by atoms with Crippen LogP contribution in [0.15, 0.2) is 42.5 Å². The molecule has 0 spiro atoms. The maximum atomic E-state index is 13.7. The van der Waals surface area contributed by atoms with Gasteiger partial charge in [0.1, 0.15) is 5.82 Å². The van der Waals surface area contributed by atoms with Crippen molar-refractivity contribution < 1.29 is 9.18 Å². The van der Waals surface area contributed by atoms with Gasteiger partial charge in [0, 0.05) is 17.0 Å². The summed E-state index contributed by atoms with van der Waals surface area (Å²) < 4.78 is 13.7. The van der Waals surface area contributed by atoms with Crippen molar-refractivity contribution >= 4 is 17.4 Å². The second-order valence-electron chi connectivity index (χ2n) is 5.11. The summed E-state index contributed by atoms with van der Waals surface area (Å²) in [5, 5.41) is 0.333. The minimum Gasteiger partial charge on any atom is -0.294 e. The molecule has 0 aromatic heterocycles. The fourth-order valence-electron chi connectivity index (χ4n) is 1.99. The summed E-state index contributed by atoms with van der Waals surface area (Å²) in [5.41, 5.74) is 2.15. The summed E-state index contributed by atoms with van der Waals surface area (Å²) in [4.78, 5) is 12.1. The molecule has 0 amide bonds. The molecule has 20 heavy (non-hydrogen) atoms. The Morgan fingerprint density at radius 1 is 1.15 bits per heavy atom. The topological polar surface area (TPSA) is 17.1 Å². The molecule has 0 aliphatic heterocycles. The number of ketones is 1. The van der Waals surface area contributed by atoms with Gasteiger partial charge in [-0.2, -0.15) is 0 Å². The molecule has 2 aromatic carbocycles. The molecule has 0 saturated carbocycles. The van der Waals surface area contributed by atoms with Gasteiger partial charge in [-0.25, -0.2) is 4.39 Å². The SMILES string of the molecule is CC(C)c1ccc(C(=O)Cc2ccc(Cl)cc2F)cc1. The second-order valence-corrected chi connectivity index (χ2v) is 5.55. The second kappa shape index (κ2) is 6.19. The normalized spacial score (nSPS) is 10.8. The van der Waals surface area contributed by atoms with Gasteiger partial charge in [0.05, 0.1) is 0 Å². The first kappa shape index (κ1) is 14.7. The van der Waals surface area contributed by atoms with E-state index >= 15 is 0 Å². The number of rotatable bonds is 4. The van der Waals surface area contributed by atoms with E-state index in [1.165, 1.54) is 11.6 Å². The van der Waals surface area contributed by atoms with Crippen LogP contribution in [0, 0.1) is 5.82 Å². The van der Waals surface area contributed by atoms with Crippen LogP contribution in [0.5, 0.6) is 0 Å². The van der Waals surface area contributed by atoms with E-state index in [2.05, 4.69) is 13.8 Å². The highest BCUT2D eigenvalue weighted by molar-refractivity contribution is 6.30. The lowest BCUT2D eigenvalue weighted by atomic mass is 9.98. The smallest absolute Gasteiger partial charge is 0.167 e. The van der Waals surface area contributed by atoms with E-state index in [-0.39, 0.29) is 12.2 Å². The molecule has 0 atom stereocenters. The van der Waals surface area contributed by atoms with E-state index in [1.54, 1.807) is 24.3 Å². The maximum absolute atomic E-state index is 13.7. The van der Waals surface area contributed by atoms with Crippen molar-refractivity contribution in [3.05, 3.63) is 70.0 Å². The van der Waals surface area contributed by atoms with Gasteiger partial charge >= 0.3 is 0 Å². The summed E-state index contributed by atoms with van der Waals surface area (Å²) in [7, 11) is 0. The van der Waals surface area contributed by atoms with Crippen molar-refractivity contribution in [2.24, 2.45) is 0 Å². The Labute approximate surface area is 123 Å². The standard InChI is InChI=1S/C17H16ClFO/c1-11(2)12-3-5-13(6-4-12)17(20)9-14-7-8-15(18)10-16(14)19/h3-8,10-11H,9H2,1-2H3. The molecule has 2 rings (SSSR count). The summed E-state index contributed by atoms with van der Waals surface area (Å²) in [5.74, 6) is -0.112. The predicted octanol–water partition coefficient (Wildman–Crippen LogP) is 5.03. The van der Waals surface area contributed by atoms with Crippen LogP contribution < -0.4 is 0 Å². The van der Waals surface area contributed by atoms with E-state index in [0.717, 1.165) is 0 Å². The zero-order valence-electron chi connectivity index (χ0n) is 11.5. The summed E-state index contributed by atoms with van der Waals surface area (Å²) in [6.45, 7) is 4.19. The molecule has 0 radical (unpaired) electrons.